The Bertz CT molecular complexity index is 403. The van der Waals surface area contributed by atoms with Gasteiger partial charge in [0, 0.05) is 0 Å². The number of rotatable bonds is 3. The molecule has 16 heavy (non-hydrogen) atoms. The number of nitrogens with one attached hydrogen (secondary N) is 1. The number of hydrazine groups is 1. The number of benzene rings is 1. The molecule has 1 unspecified atom stereocenters. The highest BCUT2D eigenvalue weighted by Gasteiger charge is 2.52. The first-order valence-corrected chi connectivity index (χ1v) is 6.90. The molecule has 86 valence electrons. The van der Waals surface area contributed by atoms with Crippen molar-refractivity contribution in [1.29, 1.82) is 0 Å². The van der Waals surface area contributed by atoms with Crippen molar-refractivity contribution in [3.63, 3.8) is 0 Å². The Morgan fingerprint density at radius 2 is 1.56 bits per heavy atom. The van der Waals surface area contributed by atoms with Gasteiger partial charge in [-0.05, 0) is 32.3 Å². The van der Waals surface area contributed by atoms with E-state index in [-0.39, 0.29) is 0 Å². The van der Waals surface area contributed by atoms with E-state index in [1.54, 1.807) is 4.78 Å². The van der Waals surface area contributed by atoms with Crippen molar-refractivity contribution in [3.8, 4) is 0 Å². The predicted octanol–water partition coefficient (Wildman–Crippen LogP) is 3.92. The van der Waals surface area contributed by atoms with Crippen LogP contribution in [0.3, 0.4) is 0 Å². The van der Waals surface area contributed by atoms with Crippen molar-refractivity contribution >= 4 is 13.8 Å². The second-order valence-electron chi connectivity index (χ2n) is 4.78. The third-order valence-corrected chi connectivity index (χ3v) is 3.72. The highest BCUT2D eigenvalue weighted by molar-refractivity contribution is 7.52. The van der Waals surface area contributed by atoms with E-state index >= 15 is 0 Å². The average molecular weight is 237 g/mol. The zero-order chi connectivity index (χ0) is 11.9. The molecule has 1 atom stereocenters. The molecule has 3 nitrogen and oxygen atoms in total. The van der Waals surface area contributed by atoms with E-state index in [1.165, 1.54) is 11.1 Å². The summed E-state index contributed by atoms with van der Waals surface area (Å²) in [6.07, 6.45) is 0. The normalized spacial score (nSPS) is 17.4. The van der Waals surface area contributed by atoms with Crippen LogP contribution in [-0.2, 0) is 4.57 Å². The number of nitrogens with zero attached hydrogens (tertiary/aromatic N) is 1. The van der Waals surface area contributed by atoms with Crippen molar-refractivity contribution in [3.05, 3.63) is 29.3 Å². The summed E-state index contributed by atoms with van der Waals surface area (Å²) >= 11 is 0. The number of anilines is 1. The number of hydrogen-bond donors (Lipinski definition) is 1. The van der Waals surface area contributed by atoms with Crippen LogP contribution in [0.2, 0.25) is 0 Å². The fourth-order valence-electron chi connectivity index (χ4n) is 1.96. The summed E-state index contributed by atoms with van der Waals surface area (Å²) < 4.78 is 13.2. The lowest BCUT2D eigenvalue weighted by molar-refractivity contribution is 0.597. The first-order chi connectivity index (χ1) is 7.52. The fourth-order valence-corrected chi connectivity index (χ4v) is 2.70. The highest BCUT2D eigenvalue weighted by atomic mass is 31.1. The smallest absolute Gasteiger partial charge is 0.0615 e. The predicted molar refractivity (Wildman–Crippen MR) is 67.8 cm³/mol. The molecule has 0 aromatic heterocycles. The summed E-state index contributed by atoms with van der Waals surface area (Å²) in [5, 5.41) is 2.88. The quantitative estimate of drug-likeness (QED) is 0.640. The molecule has 1 saturated heterocycles. The summed E-state index contributed by atoms with van der Waals surface area (Å²) in [6, 6.07) is 6.33. The Hall–Kier alpha value is -0.920. The molecule has 0 amide bonds. The summed E-state index contributed by atoms with van der Waals surface area (Å²) in [5.41, 5.74) is 3.65. The monoisotopic (exact) mass is 237 g/mol. The maximum absolute atomic E-state index is 11.4. The van der Waals surface area contributed by atoms with Gasteiger partial charge in [-0.2, -0.15) is 0 Å². The van der Waals surface area contributed by atoms with Crippen LogP contribution in [0.5, 0.6) is 0 Å². The topological polar surface area (TPSA) is 42.0 Å². The van der Waals surface area contributed by atoms with Crippen LogP contribution in [0.15, 0.2) is 18.2 Å². The molecule has 1 aliphatic heterocycles. The molecule has 1 fully saturated rings. The first-order valence-electron chi connectivity index (χ1n) is 5.68. The van der Waals surface area contributed by atoms with E-state index in [2.05, 4.69) is 51.1 Å². The van der Waals surface area contributed by atoms with Gasteiger partial charge in [0.15, 0.2) is 0 Å². The maximum Gasteiger partial charge on any atom is 0.606 e. The summed E-state index contributed by atoms with van der Waals surface area (Å²) in [5.74, 6) is 0.888. The lowest BCUT2D eigenvalue weighted by Gasteiger charge is -2.15. The van der Waals surface area contributed by atoms with Crippen LogP contribution in [-0.4, -0.2) is 0 Å². The molecule has 4 heteroatoms. The molecule has 0 radical (unpaired) electrons. The Labute approximate surface area is 97.7 Å². The van der Waals surface area contributed by atoms with Gasteiger partial charge in [-0.1, -0.05) is 45.9 Å². The van der Waals surface area contributed by atoms with Crippen LogP contribution in [0.25, 0.3) is 0 Å². The molecule has 1 heterocycles. The minimum absolute atomic E-state index is 0.444. The molecule has 1 aromatic rings. The highest BCUT2D eigenvalue weighted by Crippen LogP contribution is 2.48. The summed E-state index contributed by atoms with van der Waals surface area (Å²) in [6.45, 7) is 8.66. The van der Waals surface area contributed by atoms with E-state index in [9.17, 15) is 4.57 Å². The van der Waals surface area contributed by atoms with E-state index in [0.717, 1.165) is 5.69 Å². The fraction of sp³-hybridized carbons (Fsp3) is 0.500. The van der Waals surface area contributed by atoms with E-state index in [4.69, 9.17) is 0 Å². The van der Waals surface area contributed by atoms with Gasteiger partial charge in [0.1, 0.15) is 5.69 Å². The lowest BCUT2D eigenvalue weighted by atomic mass is 9.93. The molecule has 1 N–H and O–H groups in total. The molecule has 1 aliphatic rings. The Balaban J connectivity index is 2.54. The Kier molecular flexibility index (Phi) is 3.00. The minimum Gasteiger partial charge on any atom is -0.0615 e. The van der Waals surface area contributed by atoms with Gasteiger partial charge < -0.3 is 0 Å². The standard InChI is InChI=1S/C12H18N2OP/c1-8(2)10-6-5-7-11(9(3)4)12(10)14-13-16(14)15/h5-9H,1-4H3,(H,13,15)/q+1. The zero-order valence-corrected chi connectivity index (χ0v) is 11.1. The largest absolute Gasteiger partial charge is 0.606 e. The molecular weight excluding hydrogens is 219 g/mol. The van der Waals surface area contributed by atoms with Crippen molar-refractivity contribution in [2.45, 2.75) is 39.5 Å². The minimum atomic E-state index is -1.36. The van der Waals surface area contributed by atoms with Crippen molar-refractivity contribution in [1.82, 2.24) is 5.20 Å². The van der Waals surface area contributed by atoms with Gasteiger partial charge in [0.05, 0.1) is 5.20 Å². The summed E-state index contributed by atoms with van der Waals surface area (Å²) in [7, 11) is -1.36. The number of hydrogen-bond acceptors (Lipinski definition) is 1. The molecule has 0 aliphatic carbocycles. The van der Waals surface area contributed by atoms with E-state index < -0.39 is 8.10 Å². The van der Waals surface area contributed by atoms with Crippen LogP contribution in [0.4, 0.5) is 5.69 Å². The number of para-hydroxylation sites is 1. The van der Waals surface area contributed by atoms with Gasteiger partial charge in [-0.15, -0.1) is 0 Å². The van der Waals surface area contributed by atoms with Crippen LogP contribution < -0.4 is 9.98 Å². The van der Waals surface area contributed by atoms with Gasteiger partial charge in [0.25, 0.3) is 0 Å². The van der Waals surface area contributed by atoms with Crippen LogP contribution in [0, 0.1) is 0 Å². The van der Waals surface area contributed by atoms with Crippen molar-refractivity contribution in [2.75, 3.05) is 4.78 Å². The van der Waals surface area contributed by atoms with Gasteiger partial charge in [-0.25, -0.2) is 0 Å². The molecule has 2 rings (SSSR count). The van der Waals surface area contributed by atoms with Gasteiger partial charge in [-0.3, -0.25) is 0 Å². The third-order valence-electron chi connectivity index (χ3n) is 2.88. The molecule has 0 bridgehead atoms. The lowest BCUT2D eigenvalue weighted by Crippen LogP contribution is -2.06. The maximum atomic E-state index is 11.4. The molecule has 0 spiro atoms. The zero-order valence-electron chi connectivity index (χ0n) is 10.2. The summed E-state index contributed by atoms with van der Waals surface area (Å²) in [4.78, 5) is 0. The average Bonchev–Trinajstić information content (AvgIpc) is 2.93. The molecular formula is C12H18N2OP+. The van der Waals surface area contributed by atoms with Gasteiger partial charge in [0.2, 0.25) is 0 Å². The second kappa shape index (κ2) is 4.15. The van der Waals surface area contributed by atoms with E-state index in [0.29, 0.717) is 11.8 Å². The second-order valence-corrected chi connectivity index (χ2v) is 5.93. The SMILES string of the molecule is CC(C)c1cccc(C(C)C)c1N1N[P+]1=O. The Morgan fingerprint density at radius 3 is 1.88 bits per heavy atom. The van der Waals surface area contributed by atoms with Gasteiger partial charge >= 0.3 is 8.10 Å². The van der Waals surface area contributed by atoms with Crippen LogP contribution >= 0.6 is 8.10 Å². The molecule has 0 saturated carbocycles. The van der Waals surface area contributed by atoms with Crippen molar-refractivity contribution in [2.24, 2.45) is 0 Å². The first kappa shape index (κ1) is 11.6. The van der Waals surface area contributed by atoms with Crippen LogP contribution in [0.1, 0.15) is 50.7 Å². The Morgan fingerprint density at radius 1 is 1.12 bits per heavy atom. The van der Waals surface area contributed by atoms with E-state index in [1.807, 2.05) is 0 Å². The third kappa shape index (κ3) is 1.98. The van der Waals surface area contributed by atoms with Crippen molar-refractivity contribution < 1.29 is 4.57 Å². The molecule has 1 aromatic carbocycles.